The highest BCUT2D eigenvalue weighted by molar-refractivity contribution is 9.10. The minimum Gasteiger partial charge on any atom is -0.0625 e. The summed E-state index contributed by atoms with van der Waals surface area (Å²) in [7, 11) is 0. The molecule has 77 valence electrons. The van der Waals surface area contributed by atoms with Crippen LogP contribution in [0.2, 0.25) is 0 Å². The van der Waals surface area contributed by atoms with Gasteiger partial charge in [0.25, 0.3) is 0 Å². The average molecular weight is 254 g/mol. The molecule has 0 heterocycles. The average Bonchev–Trinajstić information content (AvgIpc) is 2.01. The monoisotopic (exact) mass is 253 g/mol. The van der Waals surface area contributed by atoms with E-state index in [0.29, 0.717) is 5.92 Å². The van der Waals surface area contributed by atoms with E-state index < -0.39 is 0 Å². The molecule has 0 aliphatic heterocycles. The summed E-state index contributed by atoms with van der Waals surface area (Å²) in [6.07, 6.45) is 1.15. The van der Waals surface area contributed by atoms with Gasteiger partial charge in [-0.05, 0) is 41.5 Å². The lowest BCUT2D eigenvalue weighted by atomic mass is 9.97. The fourth-order valence-electron chi connectivity index (χ4n) is 1.53. The fraction of sp³-hybridized carbons (Fsp3) is 0.462. The van der Waals surface area contributed by atoms with Crippen LogP contribution in [0.5, 0.6) is 0 Å². The van der Waals surface area contributed by atoms with Crippen LogP contribution in [0, 0.1) is 11.8 Å². The van der Waals surface area contributed by atoms with Crippen LogP contribution >= 0.6 is 15.9 Å². The third-order valence-corrected chi connectivity index (χ3v) is 2.64. The molecule has 0 unspecified atom stereocenters. The zero-order valence-corrected chi connectivity index (χ0v) is 11.0. The summed E-state index contributed by atoms with van der Waals surface area (Å²) in [6.45, 7) is 8.81. The van der Waals surface area contributed by atoms with Gasteiger partial charge in [-0.3, -0.25) is 0 Å². The van der Waals surface area contributed by atoms with Crippen LogP contribution in [0.1, 0.15) is 38.8 Å². The predicted octanol–water partition coefficient (Wildman–Crippen LogP) is 4.61. The summed E-state index contributed by atoms with van der Waals surface area (Å²) in [5.41, 5.74) is 2.76. The largest absolute Gasteiger partial charge is 0.0625 e. The molecule has 1 aromatic carbocycles. The van der Waals surface area contributed by atoms with Crippen LogP contribution in [0.4, 0.5) is 0 Å². The lowest BCUT2D eigenvalue weighted by Crippen LogP contribution is -1.97. The van der Waals surface area contributed by atoms with Crippen molar-refractivity contribution >= 4 is 15.9 Å². The molecule has 1 heteroatoms. The van der Waals surface area contributed by atoms with Gasteiger partial charge in [0.1, 0.15) is 0 Å². The molecule has 0 aromatic heterocycles. The zero-order valence-electron chi connectivity index (χ0n) is 9.39. The highest BCUT2D eigenvalue weighted by Gasteiger charge is 2.04. The molecule has 0 bridgehead atoms. The van der Waals surface area contributed by atoms with E-state index in [2.05, 4.69) is 61.8 Å². The van der Waals surface area contributed by atoms with Gasteiger partial charge in [-0.15, -0.1) is 0 Å². The lowest BCUT2D eigenvalue weighted by Gasteiger charge is -2.10. The molecule has 0 atom stereocenters. The Bertz CT molecular complexity index is 300. The quantitative estimate of drug-likeness (QED) is 0.738. The second-order valence-electron chi connectivity index (χ2n) is 4.45. The van der Waals surface area contributed by atoms with Crippen molar-refractivity contribution in [2.75, 3.05) is 0 Å². The maximum atomic E-state index is 3.56. The van der Waals surface area contributed by atoms with Gasteiger partial charge in [0.05, 0.1) is 0 Å². The van der Waals surface area contributed by atoms with Gasteiger partial charge in [0, 0.05) is 4.47 Å². The number of hydrogen-bond acceptors (Lipinski definition) is 0. The van der Waals surface area contributed by atoms with E-state index >= 15 is 0 Å². The molecule has 0 amide bonds. The highest BCUT2D eigenvalue weighted by Crippen LogP contribution is 2.22. The molecule has 0 nitrogen and oxygen atoms in total. The maximum Gasteiger partial charge on any atom is 0.0180 e. The van der Waals surface area contributed by atoms with Gasteiger partial charge >= 0.3 is 0 Å². The van der Waals surface area contributed by atoms with Crippen LogP contribution in [0.25, 0.3) is 0 Å². The van der Waals surface area contributed by atoms with Gasteiger partial charge in [-0.25, -0.2) is 0 Å². The predicted molar refractivity (Wildman–Crippen MR) is 66.4 cm³/mol. The first kappa shape index (κ1) is 11.8. The first-order valence-electron chi connectivity index (χ1n) is 5.09. The molecule has 1 aromatic rings. The third-order valence-electron chi connectivity index (χ3n) is 2.18. The van der Waals surface area contributed by atoms with E-state index in [4.69, 9.17) is 0 Å². The number of rotatable bonds is 3. The van der Waals surface area contributed by atoms with Crippen LogP contribution in [-0.2, 0) is 6.42 Å². The fourth-order valence-corrected chi connectivity index (χ4v) is 2.07. The Kier molecular flexibility index (Phi) is 4.18. The summed E-state index contributed by atoms with van der Waals surface area (Å²) in [6, 6.07) is 6.69. The normalized spacial score (nSPS) is 11.4. The zero-order chi connectivity index (χ0) is 10.7. The van der Waals surface area contributed by atoms with E-state index in [1.54, 1.807) is 0 Å². The van der Waals surface area contributed by atoms with E-state index in [1.807, 2.05) is 0 Å². The first-order chi connectivity index (χ1) is 6.49. The van der Waals surface area contributed by atoms with Crippen molar-refractivity contribution in [3.63, 3.8) is 0 Å². The highest BCUT2D eigenvalue weighted by atomic mass is 79.9. The maximum absolute atomic E-state index is 3.56. The molecule has 1 rings (SSSR count). The van der Waals surface area contributed by atoms with Crippen molar-refractivity contribution in [2.45, 2.75) is 34.1 Å². The van der Waals surface area contributed by atoms with Gasteiger partial charge in [0.15, 0.2) is 0 Å². The molecule has 0 aliphatic rings. The lowest BCUT2D eigenvalue weighted by molar-refractivity contribution is 0.646. The summed E-state index contributed by atoms with van der Waals surface area (Å²) in [5, 5.41) is 0. The number of hydrogen-bond donors (Lipinski definition) is 0. The molecule has 0 saturated carbocycles. The summed E-state index contributed by atoms with van der Waals surface area (Å²) in [5.74, 6) is 2.09. The summed E-state index contributed by atoms with van der Waals surface area (Å²) >= 11 is 3.56. The minimum atomic E-state index is 0.717. The molecule has 14 heavy (non-hydrogen) atoms. The molecular formula is C13H18Br. The van der Waals surface area contributed by atoms with E-state index in [-0.39, 0.29) is 0 Å². The molecule has 0 N–H and O–H groups in total. The SMILES string of the molecule is C[C](C)c1cc(Br)cc(CC(C)C)c1. The van der Waals surface area contributed by atoms with Gasteiger partial charge < -0.3 is 0 Å². The Morgan fingerprint density at radius 3 is 2.36 bits per heavy atom. The molecule has 0 saturated heterocycles. The smallest absolute Gasteiger partial charge is 0.0180 e. The van der Waals surface area contributed by atoms with Crippen molar-refractivity contribution in [1.29, 1.82) is 0 Å². The Morgan fingerprint density at radius 2 is 1.86 bits per heavy atom. The van der Waals surface area contributed by atoms with Gasteiger partial charge in [-0.1, -0.05) is 49.7 Å². The van der Waals surface area contributed by atoms with Crippen molar-refractivity contribution in [3.8, 4) is 0 Å². The van der Waals surface area contributed by atoms with Crippen molar-refractivity contribution in [3.05, 3.63) is 39.7 Å². The topological polar surface area (TPSA) is 0 Å². The van der Waals surface area contributed by atoms with Gasteiger partial charge in [-0.2, -0.15) is 0 Å². The molecule has 1 radical (unpaired) electrons. The number of benzene rings is 1. The van der Waals surface area contributed by atoms with E-state index in [9.17, 15) is 0 Å². The van der Waals surface area contributed by atoms with Crippen molar-refractivity contribution in [1.82, 2.24) is 0 Å². The van der Waals surface area contributed by atoms with Crippen LogP contribution in [-0.4, -0.2) is 0 Å². The summed E-state index contributed by atoms with van der Waals surface area (Å²) in [4.78, 5) is 0. The third kappa shape index (κ3) is 3.45. The minimum absolute atomic E-state index is 0.717. The number of halogens is 1. The second-order valence-corrected chi connectivity index (χ2v) is 5.36. The standard InChI is InChI=1S/C13H18Br/c1-9(2)5-11-6-12(10(3)4)8-13(14)7-11/h6-9H,5H2,1-4H3. The Hall–Kier alpha value is -0.300. The molecule has 0 spiro atoms. The Balaban J connectivity index is 2.95. The van der Waals surface area contributed by atoms with E-state index in [0.717, 1.165) is 6.42 Å². The van der Waals surface area contributed by atoms with Crippen LogP contribution in [0.15, 0.2) is 22.7 Å². The molecule has 0 aliphatic carbocycles. The Labute approximate surface area is 95.9 Å². The van der Waals surface area contributed by atoms with Crippen molar-refractivity contribution in [2.24, 2.45) is 5.92 Å². The van der Waals surface area contributed by atoms with Crippen molar-refractivity contribution < 1.29 is 0 Å². The summed E-state index contributed by atoms with van der Waals surface area (Å²) < 4.78 is 1.19. The van der Waals surface area contributed by atoms with E-state index in [1.165, 1.54) is 21.5 Å². The van der Waals surface area contributed by atoms with Crippen LogP contribution in [0.3, 0.4) is 0 Å². The second kappa shape index (κ2) is 4.97. The van der Waals surface area contributed by atoms with Gasteiger partial charge in [0.2, 0.25) is 0 Å². The Morgan fingerprint density at radius 1 is 1.21 bits per heavy atom. The first-order valence-corrected chi connectivity index (χ1v) is 5.88. The molecular weight excluding hydrogens is 236 g/mol. The molecule has 0 fully saturated rings. The van der Waals surface area contributed by atoms with Crippen LogP contribution < -0.4 is 0 Å².